The molecule has 1 heterocycles. The molecule has 1 saturated heterocycles. The summed E-state index contributed by atoms with van der Waals surface area (Å²) in [5.41, 5.74) is 0. The van der Waals surface area contributed by atoms with Crippen LogP contribution in [0.15, 0.2) is 0 Å². The van der Waals surface area contributed by atoms with Crippen LogP contribution in [-0.2, 0) is 9.53 Å². The molecule has 100 valence electrons. The molecule has 1 rings (SSSR count). The van der Waals surface area contributed by atoms with Crippen molar-refractivity contribution in [1.29, 1.82) is 0 Å². The maximum absolute atomic E-state index is 11.2. The first-order chi connectivity index (χ1) is 8.13. The molecule has 0 aromatic carbocycles. The van der Waals surface area contributed by atoms with Crippen LogP contribution in [0.2, 0.25) is 0 Å². The molecule has 1 N–H and O–H groups in total. The zero-order valence-electron chi connectivity index (χ0n) is 11.4. The molecule has 0 aliphatic carbocycles. The van der Waals surface area contributed by atoms with Crippen molar-refractivity contribution in [3.63, 3.8) is 0 Å². The molecule has 1 aliphatic heterocycles. The lowest BCUT2D eigenvalue weighted by molar-refractivity contribution is -0.129. The van der Waals surface area contributed by atoms with Gasteiger partial charge in [-0.25, -0.2) is 0 Å². The molecule has 0 bridgehead atoms. The Morgan fingerprint density at radius 1 is 1.47 bits per heavy atom. The van der Waals surface area contributed by atoms with Gasteiger partial charge in [-0.3, -0.25) is 4.79 Å². The number of carbonyl (C=O) groups is 1. The quantitative estimate of drug-likeness (QED) is 0.765. The largest absolute Gasteiger partial charge is 0.377 e. The zero-order valence-corrected chi connectivity index (χ0v) is 11.4. The number of nitrogens with zero attached hydrogens (tertiary/aromatic N) is 1. The van der Waals surface area contributed by atoms with Gasteiger partial charge in [0, 0.05) is 39.2 Å². The van der Waals surface area contributed by atoms with Crippen molar-refractivity contribution in [2.75, 3.05) is 26.2 Å². The summed E-state index contributed by atoms with van der Waals surface area (Å²) in [5.74, 6) is 0.197. The third-order valence-corrected chi connectivity index (χ3v) is 3.24. The van der Waals surface area contributed by atoms with Crippen LogP contribution in [0.4, 0.5) is 0 Å². The third kappa shape index (κ3) is 5.50. The minimum absolute atomic E-state index is 0.197. The number of amides is 1. The van der Waals surface area contributed by atoms with Crippen molar-refractivity contribution in [3.05, 3.63) is 0 Å². The Bertz CT molecular complexity index is 225. The second kappa shape index (κ2) is 7.67. The average molecular weight is 242 g/mol. The summed E-state index contributed by atoms with van der Waals surface area (Å²) < 4.78 is 5.61. The van der Waals surface area contributed by atoms with Crippen LogP contribution in [-0.4, -0.2) is 49.2 Å². The molecule has 17 heavy (non-hydrogen) atoms. The van der Waals surface area contributed by atoms with Gasteiger partial charge >= 0.3 is 0 Å². The first-order valence-electron chi connectivity index (χ1n) is 6.74. The fourth-order valence-corrected chi connectivity index (χ4v) is 2.11. The van der Waals surface area contributed by atoms with Gasteiger partial charge in [0.15, 0.2) is 0 Å². The van der Waals surface area contributed by atoms with Crippen molar-refractivity contribution in [3.8, 4) is 0 Å². The number of nitrogens with one attached hydrogen (secondary N) is 1. The second-order valence-corrected chi connectivity index (χ2v) is 4.87. The highest BCUT2D eigenvalue weighted by molar-refractivity contribution is 5.73. The summed E-state index contributed by atoms with van der Waals surface area (Å²) >= 11 is 0. The molecule has 4 nitrogen and oxygen atoms in total. The molecule has 1 atom stereocenters. The highest BCUT2D eigenvalue weighted by Crippen LogP contribution is 2.10. The lowest BCUT2D eigenvalue weighted by Crippen LogP contribution is -2.45. The van der Waals surface area contributed by atoms with Crippen molar-refractivity contribution in [2.24, 2.45) is 0 Å². The Balaban J connectivity index is 2.11. The molecule has 0 saturated carbocycles. The normalized spacial score (nSPS) is 19.4. The minimum Gasteiger partial charge on any atom is -0.377 e. The predicted molar refractivity (Wildman–Crippen MR) is 69.0 cm³/mol. The highest BCUT2D eigenvalue weighted by Gasteiger charge is 2.20. The van der Waals surface area contributed by atoms with Gasteiger partial charge in [-0.05, 0) is 26.2 Å². The van der Waals surface area contributed by atoms with Crippen molar-refractivity contribution in [2.45, 2.75) is 52.2 Å². The smallest absolute Gasteiger partial charge is 0.219 e. The van der Waals surface area contributed by atoms with Crippen LogP contribution in [0.1, 0.15) is 40.0 Å². The molecule has 0 unspecified atom stereocenters. The van der Waals surface area contributed by atoms with E-state index in [2.05, 4.69) is 19.2 Å². The second-order valence-electron chi connectivity index (χ2n) is 4.87. The molecule has 0 aromatic heterocycles. The van der Waals surface area contributed by atoms with E-state index in [-0.39, 0.29) is 12.0 Å². The van der Waals surface area contributed by atoms with E-state index in [0.717, 1.165) is 45.5 Å². The topological polar surface area (TPSA) is 41.6 Å². The van der Waals surface area contributed by atoms with E-state index in [9.17, 15) is 4.79 Å². The van der Waals surface area contributed by atoms with Crippen LogP contribution >= 0.6 is 0 Å². The number of ether oxygens (including phenoxy) is 1. The molecule has 0 radical (unpaired) electrons. The van der Waals surface area contributed by atoms with E-state index in [4.69, 9.17) is 4.74 Å². The van der Waals surface area contributed by atoms with Crippen LogP contribution in [0.3, 0.4) is 0 Å². The monoisotopic (exact) mass is 242 g/mol. The molecular formula is C13H26N2O2. The first-order valence-corrected chi connectivity index (χ1v) is 6.74. The summed E-state index contributed by atoms with van der Waals surface area (Å²) in [4.78, 5) is 13.1. The lowest BCUT2D eigenvalue weighted by Gasteiger charge is -2.32. The van der Waals surface area contributed by atoms with E-state index >= 15 is 0 Å². The molecule has 1 fully saturated rings. The van der Waals surface area contributed by atoms with Gasteiger partial charge < -0.3 is 15.0 Å². The average Bonchev–Trinajstić information content (AvgIpc) is 2.34. The molecule has 4 heteroatoms. The van der Waals surface area contributed by atoms with Gasteiger partial charge in [-0.2, -0.15) is 0 Å². The van der Waals surface area contributed by atoms with Crippen LogP contribution in [0.5, 0.6) is 0 Å². The maximum atomic E-state index is 11.2. The van der Waals surface area contributed by atoms with Gasteiger partial charge in [0.1, 0.15) is 0 Å². The van der Waals surface area contributed by atoms with E-state index in [1.54, 1.807) is 6.92 Å². The summed E-state index contributed by atoms with van der Waals surface area (Å²) in [6, 6.07) is 0.540. The number of carbonyl (C=O) groups excluding carboxylic acids is 1. The summed E-state index contributed by atoms with van der Waals surface area (Å²) in [5, 5.41) is 3.53. The highest BCUT2D eigenvalue weighted by atomic mass is 16.5. The summed E-state index contributed by atoms with van der Waals surface area (Å²) in [6.07, 6.45) is 3.46. The van der Waals surface area contributed by atoms with E-state index < -0.39 is 0 Å². The number of hydrogen-bond donors (Lipinski definition) is 1. The molecule has 1 aliphatic rings. The Morgan fingerprint density at radius 3 is 2.65 bits per heavy atom. The number of rotatable bonds is 6. The van der Waals surface area contributed by atoms with Crippen LogP contribution < -0.4 is 5.32 Å². The van der Waals surface area contributed by atoms with E-state index in [1.165, 1.54) is 0 Å². The molecule has 1 amide bonds. The fourth-order valence-electron chi connectivity index (χ4n) is 2.11. The van der Waals surface area contributed by atoms with Crippen molar-refractivity contribution in [1.82, 2.24) is 10.2 Å². The van der Waals surface area contributed by atoms with Crippen LogP contribution in [0.25, 0.3) is 0 Å². The van der Waals surface area contributed by atoms with Gasteiger partial charge in [0.25, 0.3) is 0 Å². The lowest BCUT2D eigenvalue weighted by atomic mass is 10.0. The number of hydrogen-bond acceptors (Lipinski definition) is 3. The predicted octanol–water partition coefficient (Wildman–Crippen LogP) is 1.40. The number of likely N-dealkylation sites (tertiary alicyclic amines) is 1. The fraction of sp³-hybridized carbons (Fsp3) is 0.923. The Labute approximate surface area is 105 Å². The number of piperidine rings is 1. The zero-order chi connectivity index (χ0) is 12.7. The van der Waals surface area contributed by atoms with Crippen molar-refractivity contribution < 1.29 is 9.53 Å². The van der Waals surface area contributed by atoms with Crippen LogP contribution in [0, 0.1) is 0 Å². The van der Waals surface area contributed by atoms with Gasteiger partial charge in [-0.1, -0.05) is 6.92 Å². The van der Waals surface area contributed by atoms with Gasteiger partial charge in [0.2, 0.25) is 5.91 Å². The summed E-state index contributed by atoms with van der Waals surface area (Å²) in [6.45, 7) is 9.39. The third-order valence-electron chi connectivity index (χ3n) is 3.24. The van der Waals surface area contributed by atoms with Crippen molar-refractivity contribution >= 4 is 5.91 Å². The molecule has 0 aromatic rings. The van der Waals surface area contributed by atoms with E-state index in [1.807, 2.05) is 4.90 Å². The molecule has 0 spiro atoms. The Kier molecular flexibility index (Phi) is 6.52. The SMILES string of the molecule is CCCO[C@H](C)CNC1CCN(C(C)=O)CC1. The Hall–Kier alpha value is -0.610. The van der Waals surface area contributed by atoms with E-state index in [0.29, 0.717) is 6.04 Å². The molecular weight excluding hydrogens is 216 g/mol. The van der Waals surface area contributed by atoms with Gasteiger partial charge in [-0.15, -0.1) is 0 Å². The maximum Gasteiger partial charge on any atom is 0.219 e. The first kappa shape index (κ1) is 14.5. The van der Waals surface area contributed by atoms with Gasteiger partial charge in [0.05, 0.1) is 6.10 Å². The minimum atomic E-state index is 0.197. The Morgan fingerprint density at radius 2 is 2.12 bits per heavy atom. The summed E-state index contributed by atoms with van der Waals surface area (Å²) in [7, 11) is 0. The standard InChI is InChI=1S/C13H26N2O2/c1-4-9-17-11(2)10-14-13-5-7-15(8-6-13)12(3)16/h11,13-14H,4-10H2,1-3H3/t11-/m1/s1.